The first kappa shape index (κ1) is 11.8. The van der Waals surface area contributed by atoms with E-state index in [1.54, 1.807) is 13.0 Å². The molecule has 0 heterocycles. The van der Waals surface area contributed by atoms with Crippen LogP contribution in [-0.4, -0.2) is 13.1 Å². The molecule has 15 heavy (non-hydrogen) atoms. The molecule has 0 aromatic heterocycles. The molecule has 0 bridgehead atoms. The van der Waals surface area contributed by atoms with Gasteiger partial charge in [0.1, 0.15) is 0 Å². The summed E-state index contributed by atoms with van der Waals surface area (Å²) in [6.45, 7) is 3.73. The second kappa shape index (κ2) is 4.99. The highest BCUT2D eigenvalue weighted by atomic mass is 35.5. The third-order valence-electron chi connectivity index (χ3n) is 2.11. The summed E-state index contributed by atoms with van der Waals surface area (Å²) < 4.78 is 4.68. The highest BCUT2D eigenvalue weighted by Crippen LogP contribution is 2.25. The first-order valence-electron chi connectivity index (χ1n) is 4.61. The number of ether oxygens (including phenoxy) is 1. The zero-order valence-electron chi connectivity index (χ0n) is 9.00. The van der Waals surface area contributed by atoms with Crippen molar-refractivity contribution in [3.05, 3.63) is 40.4 Å². The summed E-state index contributed by atoms with van der Waals surface area (Å²) in [7, 11) is 1.36. The number of aryl methyl sites for hydroxylation is 1. The van der Waals surface area contributed by atoms with Crippen LogP contribution in [0.25, 0.3) is 5.57 Å². The van der Waals surface area contributed by atoms with Crippen LogP contribution in [0.4, 0.5) is 0 Å². The fraction of sp³-hybridized carbons (Fsp3) is 0.250. The van der Waals surface area contributed by atoms with Crippen molar-refractivity contribution in [3.63, 3.8) is 0 Å². The highest BCUT2D eigenvalue weighted by molar-refractivity contribution is 6.34. The van der Waals surface area contributed by atoms with Gasteiger partial charge in [0.25, 0.3) is 0 Å². The average Bonchev–Trinajstić information content (AvgIpc) is 2.21. The standard InChI is InChI=1S/C12H13ClO2/c1-4-9(12(14)15-3)10-6-5-8(2)7-11(10)13/h4-7H,1-3H3/b9-4-. The molecule has 80 valence electrons. The summed E-state index contributed by atoms with van der Waals surface area (Å²) >= 11 is 6.06. The Morgan fingerprint density at radius 1 is 1.47 bits per heavy atom. The quantitative estimate of drug-likeness (QED) is 0.570. The van der Waals surface area contributed by atoms with Crippen LogP contribution in [0.1, 0.15) is 18.1 Å². The van der Waals surface area contributed by atoms with E-state index in [0.29, 0.717) is 16.2 Å². The van der Waals surface area contributed by atoms with Crippen molar-refractivity contribution in [2.45, 2.75) is 13.8 Å². The fourth-order valence-corrected chi connectivity index (χ4v) is 1.67. The predicted octanol–water partition coefficient (Wildman–Crippen LogP) is 3.22. The average molecular weight is 225 g/mol. The third-order valence-corrected chi connectivity index (χ3v) is 2.42. The van der Waals surface area contributed by atoms with Gasteiger partial charge in [0.2, 0.25) is 0 Å². The lowest BCUT2D eigenvalue weighted by Crippen LogP contribution is -2.04. The molecule has 0 aliphatic carbocycles. The molecule has 0 radical (unpaired) electrons. The van der Waals surface area contributed by atoms with E-state index in [0.717, 1.165) is 5.56 Å². The number of halogens is 1. The van der Waals surface area contributed by atoms with Crippen LogP contribution < -0.4 is 0 Å². The molecule has 0 saturated carbocycles. The molecule has 0 aliphatic heterocycles. The number of methoxy groups -OCH3 is 1. The molecule has 0 unspecified atom stereocenters. The Balaban J connectivity index is 3.20. The summed E-state index contributed by atoms with van der Waals surface area (Å²) in [6.07, 6.45) is 1.70. The first-order chi connectivity index (χ1) is 7.10. The van der Waals surface area contributed by atoms with Crippen molar-refractivity contribution in [2.75, 3.05) is 7.11 Å². The lowest BCUT2D eigenvalue weighted by molar-refractivity contribution is -0.133. The lowest BCUT2D eigenvalue weighted by atomic mass is 10.0. The molecular formula is C12H13ClO2. The Hall–Kier alpha value is -1.28. The molecule has 0 aliphatic rings. The molecule has 0 saturated heterocycles. The van der Waals surface area contributed by atoms with Crippen LogP contribution in [-0.2, 0) is 9.53 Å². The molecular weight excluding hydrogens is 212 g/mol. The number of carbonyl (C=O) groups excluding carboxylic acids is 1. The van der Waals surface area contributed by atoms with Crippen molar-refractivity contribution in [1.82, 2.24) is 0 Å². The van der Waals surface area contributed by atoms with Gasteiger partial charge in [0.05, 0.1) is 12.7 Å². The molecule has 3 heteroatoms. The molecule has 0 N–H and O–H groups in total. The van der Waals surface area contributed by atoms with E-state index < -0.39 is 0 Å². The smallest absolute Gasteiger partial charge is 0.338 e. The lowest BCUT2D eigenvalue weighted by Gasteiger charge is -2.07. The fourth-order valence-electron chi connectivity index (χ4n) is 1.33. The van der Waals surface area contributed by atoms with Gasteiger partial charge in [-0.15, -0.1) is 0 Å². The van der Waals surface area contributed by atoms with E-state index in [2.05, 4.69) is 4.74 Å². The van der Waals surface area contributed by atoms with E-state index in [4.69, 9.17) is 11.6 Å². The molecule has 0 amide bonds. The second-order valence-electron chi connectivity index (χ2n) is 3.18. The summed E-state index contributed by atoms with van der Waals surface area (Å²) in [5, 5.41) is 0.563. The minimum absolute atomic E-state index is 0.372. The molecule has 1 rings (SSSR count). The van der Waals surface area contributed by atoms with E-state index in [9.17, 15) is 4.79 Å². The molecule has 0 spiro atoms. The Bertz CT molecular complexity index is 408. The van der Waals surface area contributed by atoms with Crippen LogP contribution >= 0.6 is 11.6 Å². The number of hydrogen-bond acceptors (Lipinski definition) is 2. The maximum atomic E-state index is 11.4. The number of allylic oxidation sites excluding steroid dienone is 1. The zero-order valence-corrected chi connectivity index (χ0v) is 9.76. The van der Waals surface area contributed by atoms with Crippen molar-refractivity contribution < 1.29 is 9.53 Å². The highest BCUT2D eigenvalue weighted by Gasteiger charge is 2.13. The van der Waals surface area contributed by atoms with E-state index in [1.165, 1.54) is 7.11 Å². The van der Waals surface area contributed by atoms with Gasteiger partial charge in [-0.2, -0.15) is 0 Å². The summed E-state index contributed by atoms with van der Waals surface area (Å²) in [5.74, 6) is -0.372. The van der Waals surface area contributed by atoms with Gasteiger partial charge in [-0.3, -0.25) is 0 Å². The van der Waals surface area contributed by atoms with Gasteiger partial charge in [-0.05, 0) is 25.5 Å². The summed E-state index contributed by atoms with van der Waals surface area (Å²) in [5.41, 5.74) is 2.25. The van der Waals surface area contributed by atoms with Gasteiger partial charge in [-0.25, -0.2) is 4.79 Å². The predicted molar refractivity (Wildman–Crippen MR) is 61.9 cm³/mol. The molecule has 0 fully saturated rings. The number of benzene rings is 1. The van der Waals surface area contributed by atoms with Gasteiger partial charge < -0.3 is 4.74 Å². The van der Waals surface area contributed by atoms with Gasteiger partial charge >= 0.3 is 5.97 Å². The first-order valence-corrected chi connectivity index (χ1v) is 4.99. The third kappa shape index (κ3) is 2.60. The van der Waals surface area contributed by atoms with Crippen LogP contribution in [0.15, 0.2) is 24.3 Å². The molecule has 0 atom stereocenters. The SMILES string of the molecule is C/C=C(\C(=O)OC)c1ccc(C)cc1Cl. The second-order valence-corrected chi connectivity index (χ2v) is 3.58. The van der Waals surface area contributed by atoms with Crippen LogP contribution in [0.5, 0.6) is 0 Å². The van der Waals surface area contributed by atoms with Gasteiger partial charge in [-0.1, -0.05) is 29.8 Å². The van der Waals surface area contributed by atoms with E-state index in [1.807, 2.05) is 25.1 Å². The van der Waals surface area contributed by atoms with E-state index in [-0.39, 0.29) is 5.97 Å². The normalized spacial score (nSPS) is 11.3. The largest absolute Gasteiger partial charge is 0.465 e. The Kier molecular flexibility index (Phi) is 3.92. The van der Waals surface area contributed by atoms with Crippen LogP contribution in [0.2, 0.25) is 5.02 Å². The summed E-state index contributed by atoms with van der Waals surface area (Å²) in [6, 6.07) is 5.56. The minimum Gasteiger partial charge on any atom is -0.465 e. The van der Waals surface area contributed by atoms with E-state index >= 15 is 0 Å². The van der Waals surface area contributed by atoms with Crippen molar-refractivity contribution in [1.29, 1.82) is 0 Å². The number of esters is 1. The Labute approximate surface area is 94.5 Å². The molecule has 1 aromatic carbocycles. The number of carbonyl (C=O) groups is 1. The Morgan fingerprint density at radius 2 is 2.13 bits per heavy atom. The maximum Gasteiger partial charge on any atom is 0.338 e. The van der Waals surface area contributed by atoms with Crippen molar-refractivity contribution in [2.24, 2.45) is 0 Å². The van der Waals surface area contributed by atoms with Gasteiger partial charge in [0, 0.05) is 10.6 Å². The summed E-state index contributed by atoms with van der Waals surface area (Å²) in [4.78, 5) is 11.4. The van der Waals surface area contributed by atoms with Crippen molar-refractivity contribution >= 4 is 23.1 Å². The minimum atomic E-state index is -0.372. The zero-order chi connectivity index (χ0) is 11.4. The number of hydrogen-bond donors (Lipinski definition) is 0. The number of rotatable bonds is 2. The molecule has 2 nitrogen and oxygen atoms in total. The maximum absolute atomic E-state index is 11.4. The van der Waals surface area contributed by atoms with Gasteiger partial charge in [0.15, 0.2) is 0 Å². The van der Waals surface area contributed by atoms with Crippen molar-refractivity contribution in [3.8, 4) is 0 Å². The monoisotopic (exact) mass is 224 g/mol. The van der Waals surface area contributed by atoms with Crippen LogP contribution in [0.3, 0.4) is 0 Å². The molecule has 1 aromatic rings. The topological polar surface area (TPSA) is 26.3 Å². The van der Waals surface area contributed by atoms with Crippen LogP contribution in [0, 0.1) is 6.92 Å². The Morgan fingerprint density at radius 3 is 2.60 bits per heavy atom.